The summed E-state index contributed by atoms with van der Waals surface area (Å²) in [6.45, 7) is 7.20. The minimum Gasteiger partial charge on any atom is -0.444 e. The monoisotopic (exact) mass is 570 g/mol. The zero-order chi connectivity index (χ0) is 29.4. The lowest BCUT2D eigenvalue weighted by Gasteiger charge is -2.35. The van der Waals surface area contributed by atoms with E-state index < -0.39 is 17.8 Å². The van der Waals surface area contributed by atoms with E-state index in [9.17, 15) is 14.7 Å². The highest BCUT2D eigenvalue weighted by Gasteiger charge is 2.44. The Hall–Kier alpha value is -3.65. The lowest BCUT2D eigenvalue weighted by atomic mass is 10.0. The van der Waals surface area contributed by atoms with Gasteiger partial charge in [0.1, 0.15) is 5.60 Å². The number of fused-ring (bicyclic) bond motifs is 1. The van der Waals surface area contributed by atoms with E-state index in [1.165, 1.54) is 0 Å². The van der Waals surface area contributed by atoms with Crippen LogP contribution in [0.15, 0.2) is 73.1 Å². The molecule has 1 saturated carbocycles. The molecular formula is C34H42N4O4. The van der Waals surface area contributed by atoms with Crippen molar-refractivity contribution >= 4 is 12.0 Å². The van der Waals surface area contributed by atoms with Gasteiger partial charge in [0, 0.05) is 37.1 Å². The van der Waals surface area contributed by atoms with Gasteiger partial charge in [-0.05, 0) is 94.0 Å². The molecule has 0 radical (unpaired) electrons. The number of rotatable bonds is 6. The molecule has 3 aromatic rings. The predicted octanol–water partition coefficient (Wildman–Crippen LogP) is 5.65. The van der Waals surface area contributed by atoms with E-state index in [-0.39, 0.29) is 18.0 Å². The van der Waals surface area contributed by atoms with Crippen molar-refractivity contribution in [3.63, 3.8) is 0 Å². The smallest absolute Gasteiger partial charge is 0.410 e. The molecule has 5 atom stereocenters. The first-order valence-corrected chi connectivity index (χ1v) is 15.3. The number of amides is 2. The van der Waals surface area contributed by atoms with Gasteiger partial charge in [-0.15, -0.1) is 0 Å². The second-order valence-corrected chi connectivity index (χ2v) is 13.3. The Balaban J connectivity index is 1.10. The Bertz CT molecular complexity index is 1350. The first-order valence-electron chi connectivity index (χ1n) is 15.3. The molecule has 6 rings (SSSR count). The maximum atomic E-state index is 13.4. The molecule has 42 heavy (non-hydrogen) atoms. The summed E-state index contributed by atoms with van der Waals surface area (Å²) in [5.74, 6) is 1.15. The van der Waals surface area contributed by atoms with Gasteiger partial charge in [-0.25, -0.2) is 4.79 Å². The van der Waals surface area contributed by atoms with Crippen molar-refractivity contribution in [1.82, 2.24) is 19.6 Å². The van der Waals surface area contributed by atoms with E-state index in [0.717, 1.165) is 43.5 Å². The third-order valence-corrected chi connectivity index (χ3v) is 9.24. The number of likely N-dealkylation sites (tertiary alicyclic amines) is 2. The Morgan fingerprint density at radius 2 is 1.67 bits per heavy atom. The molecule has 2 saturated heterocycles. The van der Waals surface area contributed by atoms with Gasteiger partial charge in [0.05, 0.1) is 18.2 Å². The molecule has 1 N–H and O–H groups in total. The van der Waals surface area contributed by atoms with Gasteiger partial charge in [0.2, 0.25) is 0 Å². The van der Waals surface area contributed by atoms with Crippen LogP contribution in [0.2, 0.25) is 0 Å². The SMILES string of the molecule is CC(C)(C)OC(=O)N1[C@H](Cc2ccc(C(=O)N3CC4CC(n5cccn5)CC4C3)cc2)CC[C@@H]1[C@H](O)c1ccccc1. The molecule has 2 amide bonds. The first-order chi connectivity index (χ1) is 20.2. The van der Waals surface area contributed by atoms with E-state index in [1.807, 2.05) is 98.7 Å². The molecule has 0 spiro atoms. The molecule has 3 aliphatic rings. The first kappa shape index (κ1) is 28.5. The maximum Gasteiger partial charge on any atom is 0.410 e. The minimum atomic E-state index is -0.793. The summed E-state index contributed by atoms with van der Waals surface area (Å²) in [5, 5.41) is 15.7. The quantitative estimate of drug-likeness (QED) is 0.414. The summed E-state index contributed by atoms with van der Waals surface area (Å²) in [4.78, 5) is 30.6. The van der Waals surface area contributed by atoms with Gasteiger partial charge in [0.15, 0.2) is 0 Å². The van der Waals surface area contributed by atoms with Gasteiger partial charge in [-0.1, -0.05) is 42.5 Å². The summed E-state index contributed by atoms with van der Waals surface area (Å²) >= 11 is 0. The zero-order valence-electron chi connectivity index (χ0n) is 24.8. The van der Waals surface area contributed by atoms with Crippen LogP contribution in [0.25, 0.3) is 0 Å². The number of aliphatic hydroxyl groups excluding tert-OH is 1. The van der Waals surface area contributed by atoms with E-state index in [1.54, 1.807) is 4.90 Å². The molecule has 3 fully saturated rings. The van der Waals surface area contributed by atoms with Crippen LogP contribution in [0.4, 0.5) is 4.79 Å². The van der Waals surface area contributed by atoms with Crippen molar-refractivity contribution in [2.45, 2.75) is 82.7 Å². The molecule has 222 valence electrons. The van der Waals surface area contributed by atoms with Gasteiger partial charge < -0.3 is 14.7 Å². The predicted molar refractivity (Wildman–Crippen MR) is 160 cm³/mol. The number of aromatic nitrogens is 2. The zero-order valence-corrected chi connectivity index (χ0v) is 24.8. The van der Waals surface area contributed by atoms with E-state index in [0.29, 0.717) is 36.3 Å². The fourth-order valence-electron chi connectivity index (χ4n) is 7.28. The van der Waals surface area contributed by atoms with E-state index >= 15 is 0 Å². The molecule has 1 aromatic heterocycles. The van der Waals surface area contributed by atoms with Crippen LogP contribution in [0.1, 0.15) is 80.1 Å². The molecule has 8 nitrogen and oxygen atoms in total. The fraction of sp³-hybridized carbons (Fsp3) is 0.500. The number of benzene rings is 2. The number of nitrogens with zero attached hydrogens (tertiary/aromatic N) is 4. The minimum absolute atomic E-state index is 0.0916. The average molecular weight is 571 g/mol. The number of aliphatic hydroxyl groups is 1. The Labute approximate surface area is 248 Å². The molecule has 2 aromatic carbocycles. The Kier molecular flexibility index (Phi) is 7.83. The van der Waals surface area contributed by atoms with E-state index in [2.05, 4.69) is 9.78 Å². The molecule has 1 aliphatic carbocycles. The van der Waals surface area contributed by atoms with Gasteiger partial charge in [-0.3, -0.25) is 14.4 Å². The third kappa shape index (κ3) is 5.95. The molecule has 0 bridgehead atoms. The summed E-state index contributed by atoms with van der Waals surface area (Å²) < 4.78 is 7.86. The fourth-order valence-corrected chi connectivity index (χ4v) is 7.28. The lowest BCUT2D eigenvalue weighted by molar-refractivity contribution is -0.00453. The largest absolute Gasteiger partial charge is 0.444 e. The molecule has 2 aliphatic heterocycles. The van der Waals surface area contributed by atoms with Crippen LogP contribution in [0, 0.1) is 11.8 Å². The van der Waals surface area contributed by atoms with Crippen LogP contribution < -0.4 is 0 Å². The van der Waals surface area contributed by atoms with Crippen LogP contribution in [0.5, 0.6) is 0 Å². The number of ether oxygens (including phenoxy) is 1. The van der Waals surface area contributed by atoms with Crippen molar-refractivity contribution < 1.29 is 19.4 Å². The summed E-state index contributed by atoms with van der Waals surface area (Å²) in [6.07, 6.45) is 6.93. The molecule has 3 heterocycles. The van der Waals surface area contributed by atoms with Crippen LogP contribution in [0.3, 0.4) is 0 Å². The summed E-state index contributed by atoms with van der Waals surface area (Å²) in [7, 11) is 0. The second kappa shape index (κ2) is 11.6. The summed E-state index contributed by atoms with van der Waals surface area (Å²) in [6, 6.07) is 19.3. The van der Waals surface area contributed by atoms with Crippen molar-refractivity contribution in [3.05, 3.63) is 89.7 Å². The van der Waals surface area contributed by atoms with E-state index in [4.69, 9.17) is 4.74 Å². The molecule has 2 unspecified atom stereocenters. The Morgan fingerprint density at radius 1 is 0.976 bits per heavy atom. The molecular weight excluding hydrogens is 528 g/mol. The van der Waals surface area contributed by atoms with Gasteiger partial charge >= 0.3 is 6.09 Å². The number of carbonyl (C=O) groups is 2. The van der Waals surface area contributed by atoms with Gasteiger partial charge in [-0.2, -0.15) is 5.10 Å². The number of hydrogen-bond acceptors (Lipinski definition) is 5. The van der Waals surface area contributed by atoms with Gasteiger partial charge in [0.25, 0.3) is 5.91 Å². The average Bonchev–Trinajstić information content (AvgIpc) is 3.76. The topological polar surface area (TPSA) is 87.9 Å². The standard InChI is InChI=1S/C34H42N4O4/c1-34(2,3)42-33(41)38-28(14-15-30(38)31(39)24-8-5-4-6-9-24)18-23-10-12-25(13-11-23)32(40)36-21-26-19-29(20-27(26)22-36)37-17-7-16-35-37/h4-13,16-17,26-31,39H,14-15,18-22H2,1-3H3/t26?,27?,28-,29?,30+,31+/m0/s1. The maximum absolute atomic E-state index is 13.4. The highest BCUT2D eigenvalue weighted by Crippen LogP contribution is 2.44. The van der Waals surface area contributed by atoms with Crippen LogP contribution in [-0.4, -0.2) is 67.5 Å². The summed E-state index contributed by atoms with van der Waals surface area (Å²) in [5.41, 5.74) is 1.92. The third-order valence-electron chi connectivity index (χ3n) is 9.24. The Morgan fingerprint density at radius 3 is 2.29 bits per heavy atom. The highest BCUT2D eigenvalue weighted by atomic mass is 16.6. The lowest BCUT2D eigenvalue weighted by Crippen LogP contribution is -2.47. The van der Waals surface area contributed by atoms with Crippen molar-refractivity contribution in [1.29, 1.82) is 0 Å². The highest BCUT2D eigenvalue weighted by molar-refractivity contribution is 5.94. The number of carbonyl (C=O) groups excluding carboxylic acids is 2. The van der Waals surface area contributed by atoms with Crippen molar-refractivity contribution in [2.24, 2.45) is 11.8 Å². The van der Waals surface area contributed by atoms with Crippen LogP contribution >= 0.6 is 0 Å². The second-order valence-electron chi connectivity index (χ2n) is 13.3. The number of hydrogen-bond donors (Lipinski definition) is 1. The normalized spacial score (nSPS) is 26.3. The van der Waals surface area contributed by atoms with Crippen molar-refractivity contribution in [2.75, 3.05) is 13.1 Å². The molecule has 8 heteroatoms. The van der Waals surface area contributed by atoms with Crippen molar-refractivity contribution in [3.8, 4) is 0 Å². The van der Waals surface area contributed by atoms with Crippen LogP contribution in [-0.2, 0) is 11.2 Å².